The van der Waals surface area contributed by atoms with Crippen LogP contribution >= 0.6 is 27.3 Å². The molecule has 3 heterocycles. The highest BCUT2D eigenvalue weighted by Crippen LogP contribution is 2.47. The second-order valence-corrected chi connectivity index (χ2v) is 8.24. The number of thiophene rings is 1. The van der Waals surface area contributed by atoms with Gasteiger partial charge < -0.3 is 10.5 Å². The molecule has 5 nitrogen and oxygen atoms in total. The third-order valence-electron chi connectivity index (χ3n) is 4.16. The molecule has 0 saturated carbocycles. The van der Waals surface area contributed by atoms with Gasteiger partial charge in [0.25, 0.3) is 0 Å². The average Bonchev–Trinajstić information content (AvgIpc) is 3.20. The third-order valence-corrected chi connectivity index (χ3v) is 5.85. The molecule has 3 N–H and O–H groups in total. The molecule has 124 valence electrons. The van der Waals surface area contributed by atoms with Crippen molar-refractivity contribution in [2.75, 3.05) is 0 Å². The number of halogens is 1. The van der Waals surface area contributed by atoms with Crippen molar-refractivity contribution in [1.29, 1.82) is 5.26 Å². The lowest BCUT2D eigenvalue weighted by Gasteiger charge is -2.22. The molecule has 1 aromatic carbocycles. The Balaban J connectivity index is 1.94. The molecule has 0 bridgehead atoms. The number of allylic oxidation sites excluding steroid dienone is 1. The molecule has 0 aliphatic carbocycles. The van der Waals surface area contributed by atoms with Crippen LogP contribution in [0.15, 0.2) is 51.6 Å². The van der Waals surface area contributed by atoms with Crippen molar-refractivity contribution in [1.82, 2.24) is 10.2 Å². The van der Waals surface area contributed by atoms with Gasteiger partial charge in [-0.25, -0.2) is 0 Å². The van der Waals surface area contributed by atoms with E-state index in [0.717, 1.165) is 25.5 Å². The molecule has 3 aromatic rings. The monoisotopic (exact) mass is 412 g/mol. The molecule has 4 rings (SSSR count). The number of fused-ring (bicyclic) bond motifs is 1. The normalized spacial score (nSPS) is 16.3. The summed E-state index contributed by atoms with van der Waals surface area (Å²) in [6, 6.07) is 14.3. The smallest absolute Gasteiger partial charge is 0.244 e. The predicted octanol–water partition coefficient (Wildman–Crippen LogP) is 4.43. The largest absolute Gasteiger partial charge is 0.420 e. The van der Waals surface area contributed by atoms with E-state index in [-0.39, 0.29) is 11.8 Å². The van der Waals surface area contributed by atoms with E-state index in [2.05, 4.69) is 32.2 Å². The van der Waals surface area contributed by atoms with Crippen LogP contribution in [0, 0.1) is 18.3 Å². The maximum Gasteiger partial charge on any atom is 0.244 e. The van der Waals surface area contributed by atoms with Crippen LogP contribution in [0.2, 0.25) is 0 Å². The molecule has 2 aromatic heterocycles. The van der Waals surface area contributed by atoms with Gasteiger partial charge in [0, 0.05) is 10.4 Å². The maximum absolute atomic E-state index is 9.66. The first-order chi connectivity index (χ1) is 12.1. The highest BCUT2D eigenvalue weighted by atomic mass is 79.9. The van der Waals surface area contributed by atoms with Gasteiger partial charge in [0.2, 0.25) is 11.8 Å². The van der Waals surface area contributed by atoms with Crippen molar-refractivity contribution < 1.29 is 4.74 Å². The van der Waals surface area contributed by atoms with E-state index in [0.29, 0.717) is 11.5 Å². The fraction of sp³-hybridized carbons (Fsp3) is 0.111. The van der Waals surface area contributed by atoms with Gasteiger partial charge in [-0.05, 0) is 35.0 Å². The Bertz CT molecular complexity index is 1030. The summed E-state index contributed by atoms with van der Waals surface area (Å²) in [5, 5.41) is 17.0. The van der Waals surface area contributed by atoms with E-state index >= 15 is 0 Å². The Kier molecular flexibility index (Phi) is 3.86. The minimum atomic E-state index is -0.305. The molecule has 1 unspecified atom stereocenters. The van der Waals surface area contributed by atoms with E-state index in [1.807, 2.05) is 43.3 Å². The summed E-state index contributed by atoms with van der Waals surface area (Å²) >= 11 is 5.06. The lowest BCUT2D eigenvalue weighted by molar-refractivity contribution is 0.379. The summed E-state index contributed by atoms with van der Waals surface area (Å²) in [4.78, 5) is 1.01. The zero-order chi connectivity index (χ0) is 17.6. The fourth-order valence-corrected chi connectivity index (χ4v) is 4.50. The van der Waals surface area contributed by atoms with Crippen LogP contribution in [0.1, 0.15) is 21.9 Å². The first-order valence-corrected chi connectivity index (χ1v) is 9.17. The first kappa shape index (κ1) is 15.9. The molecule has 0 fully saturated rings. The predicted molar refractivity (Wildman–Crippen MR) is 100 cm³/mol. The van der Waals surface area contributed by atoms with Gasteiger partial charge in [0.1, 0.15) is 11.6 Å². The number of aromatic nitrogens is 2. The number of H-pyrrole nitrogens is 1. The van der Waals surface area contributed by atoms with Gasteiger partial charge in [-0.15, -0.1) is 16.4 Å². The lowest BCUT2D eigenvalue weighted by atomic mass is 9.87. The third kappa shape index (κ3) is 2.64. The van der Waals surface area contributed by atoms with E-state index < -0.39 is 0 Å². The molecule has 1 aliphatic rings. The molecule has 25 heavy (non-hydrogen) atoms. The van der Waals surface area contributed by atoms with Crippen LogP contribution in [0.5, 0.6) is 5.88 Å². The zero-order valence-corrected chi connectivity index (χ0v) is 15.6. The van der Waals surface area contributed by atoms with E-state index in [4.69, 9.17) is 10.5 Å². The van der Waals surface area contributed by atoms with Crippen molar-refractivity contribution in [2.45, 2.75) is 12.8 Å². The molecular weight excluding hydrogens is 400 g/mol. The number of nitriles is 1. The van der Waals surface area contributed by atoms with Crippen molar-refractivity contribution in [3.05, 3.63) is 67.6 Å². The van der Waals surface area contributed by atoms with E-state index in [1.165, 1.54) is 5.56 Å². The van der Waals surface area contributed by atoms with Crippen LogP contribution in [-0.2, 0) is 0 Å². The summed E-state index contributed by atoms with van der Waals surface area (Å²) in [6.45, 7) is 2.04. The molecule has 0 spiro atoms. The summed E-state index contributed by atoms with van der Waals surface area (Å²) < 4.78 is 6.60. The van der Waals surface area contributed by atoms with Crippen LogP contribution in [0.3, 0.4) is 0 Å². The fourth-order valence-electron chi connectivity index (χ4n) is 2.95. The summed E-state index contributed by atoms with van der Waals surface area (Å²) in [5.41, 5.74) is 10.2. The van der Waals surface area contributed by atoms with E-state index in [9.17, 15) is 5.26 Å². The molecule has 7 heteroatoms. The topological polar surface area (TPSA) is 87.7 Å². The van der Waals surface area contributed by atoms with Gasteiger partial charge in [-0.3, -0.25) is 5.10 Å². The van der Waals surface area contributed by atoms with Gasteiger partial charge in [-0.2, -0.15) is 5.26 Å². The van der Waals surface area contributed by atoms with Gasteiger partial charge in [0.05, 0.1) is 21.0 Å². The lowest BCUT2D eigenvalue weighted by Crippen LogP contribution is -2.20. The second kappa shape index (κ2) is 6.06. The number of hydrogen-bond donors (Lipinski definition) is 2. The summed E-state index contributed by atoms with van der Waals surface area (Å²) in [5.74, 6) is 0.216. The van der Waals surface area contributed by atoms with E-state index in [1.54, 1.807) is 11.3 Å². The van der Waals surface area contributed by atoms with Crippen molar-refractivity contribution in [3.63, 3.8) is 0 Å². The Morgan fingerprint density at radius 2 is 2.04 bits per heavy atom. The van der Waals surface area contributed by atoms with Gasteiger partial charge >= 0.3 is 0 Å². The van der Waals surface area contributed by atoms with Gasteiger partial charge in [-0.1, -0.05) is 29.8 Å². The number of aryl methyl sites for hydroxylation is 1. The molecule has 0 saturated heterocycles. The van der Waals surface area contributed by atoms with Crippen molar-refractivity contribution >= 4 is 27.3 Å². The molecule has 1 atom stereocenters. The zero-order valence-electron chi connectivity index (χ0n) is 13.2. The SMILES string of the molecule is Cc1ccc(-c2[nH]nc3c2C(c2ccc(Br)s2)C(C#N)=C(N)O3)cc1. The molecule has 0 amide bonds. The Labute approximate surface area is 156 Å². The van der Waals surface area contributed by atoms with Crippen LogP contribution < -0.4 is 10.5 Å². The highest BCUT2D eigenvalue weighted by Gasteiger charge is 2.36. The number of nitrogens with zero attached hydrogens (tertiary/aromatic N) is 2. The first-order valence-electron chi connectivity index (χ1n) is 7.56. The molecule has 1 aliphatic heterocycles. The standard InChI is InChI=1S/C18H13BrN4OS/c1-9-2-4-10(5-3-9)16-15-14(12-6-7-13(19)25-12)11(8-20)17(21)24-18(15)23-22-16/h2-7,14H,21H2,1H3,(H,22,23). The number of nitrogens with one attached hydrogen (secondary N) is 1. The minimum absolute atomic E-state index is 0.103. The van der Waals surface area contributed by atoms with Crippen LogP contribution in [0.25, 0.3) is 11.3 Å². The molecule has 0 radical (unpaired) electrons. The quantitative estimate of drug-likeness (QED) is 0.651. The highest BCUT2D eigenvalue weighted by molar-refractivity contribution is 9.11. The Morgan fingerprint density at radius 3 is 2.68 bits per heavy atom. The van der Waals surface area contributed by atoms with Crippen molar-refractivity contribution in [2.24, 2.45) is 5.73 Å². The maximum atomic E-state index is 9.66. The second-order valence-electron chi connectivity index (χ2n) is 5.75. The number of benzene rings is 1. The number of aromatic amines is 1. The minimum Gasteiger partial charge on any atom is -0.420 e. The van der Waals surface area contributed by atoms with Crippen LogP contribution in [-0.4, -0.2) is 10.2 Å². The van der Waals surface area contributed by atoms with Crippen LogP contribution in [0.4, 0.5) is 0 Å². The number of rotatable bonds is 2. The average molecular weight is 413 g/mol. The number of hydrogen-bond acceptors (Lipinski definition) is 5. The Morgan fingerprint density at radius 1 is 1.28 bits per heavy atom. The molecular formula is C18H13BrN4OS. The summed E-state index contributed by atoms with van der Waals surface area (Å²) in [7, 11) is 0. The number of nitrogens with two attached hydrogens (primary N) is 1. The Hall–Kier alpha value is -2.56. The van der Waals surface area contributed by atoms with Crippen molar-refractivity contribution in [3.8, 4) is 23.2 Å². The number of ether oxygens (including phenoxy) is 1. The van der Waals surface area contributed by atoms with Gasteiger partial charge in [0.15, 0.2) is 0 Å². The summed E-state index contributed by atoms with van der Waals surface area (Å²) in [6.07, 6.45) is 0.